The molecule has 0 bridgehead atoms. The van der Waals surface area contributed by atoms with Gasteiger partial charge in [0, 0.05) is 25.4 Å². The Morgan fingerprint density at radius 1 is 1.29 bits per heavy atom. The van der Waals surface area contributed by atoms with E-state index in [0.717, 1.165) is 5.56 Å². The van der Waals surface area contributed by atoms with Gasteiger partial charge >= 0.3 is 5.97 Å². The van der Waals surface area contributed by atoms with E-state index < -0.39 is 16.0 Å². The van der Waals surface area contributed by atoms with Gasteiger partial charge in [-0.25, -0.2) is 17.9 Å². The molecule has 21 heavy (non-hydrogen) atoms. The number of carboxylic acid groups (broad SMARTS) is 1. The molecule has 8 heteroatoms. The van der Waals surface area contributed by atoms with E-state index in [1.807, 2.05) is 0 Å². The first kappa shape index (κ1) is 15.2. The van der Waals surface area contributed by atoms with Gasteiger partial charge in [0.2, 0.25) is 10.0 Å². The lowest BCUT2D eigenvalue weighted by Crippen LogP contribution is -2.24. The molecule has 7 nitrogen and oxygen atoms in total. The van der Waals surface area contributed by atoms with E-state index in [1.54, 1.807) is 24.1 Å². The van der Waals surface area contributed by atoms with Crippen LogP contribution in [0.2, 0.25) is 0 Å². The third-order valence-electron chi connectivity index (χ3n) is 2.81. The minimum absolute atomic E-state index is 0.125. The highest BCUT2D eigenvalue weighted by atomic mass is 32.2. The Labute approximate surface area is 122 Å². The number of aromatic nitrogens is 2. The number of aryl methyl sites for hydroxylation is 1. The molecule has 0 saturated carbocycles. The second-order valence-electron chi connectivity index (χ2n) is 4.60. The van der Waals surface area contributed by atoms with E-state index in [1.165, 1.54) is 24.3 Å². The predicted octanol–water partition coefficient (Wildman–Crippen LogP) is 0.738. The molecule has 0 spiro atoms. The lowest BCUT2D eigenvalue weighted by atomic mass is 10.1. The molecule has 0 aliphatic heterocycles. The SMILES string of the molecule is Cn1cc(CNS(=O)(=O)Cc2ccc(C(=O)O)cc2)cn1. The van der Waals surface area contributed by atoms with Crippen LogP contribution in [0.1, 0.15) is 21.5 Å². The van der Waals surface area contributed by atoms with Gasteiger partial charge in [-0.1, -0.05) is 12.1 Å². The number of hydrogen-bond donors (Lipinski definition) is 2. The van der Waals surface area contributed by atoms with E-state index >= 15 is 0 Å². The largest absolute Gasteiger partial charge is 0.478 e. The Bertz CT molecular complexity index is 735. The number of sulfonamides is 1. The fourth-order valence-corrected chi connectivity index (χ4v) is 2.89. The Hall–Kier alpha value is -2.19. The molecule has 0 radical (unpaired) electrons. The molecule has 112 valence electrons. The first-order valence-corrected chi connectivity index (χ1v) is 7.78. The van der Waals surface area contributed by atoms with Crippen LogP contribution in [0.5, 0.6) is 0 Å². The van der Waals surface area contributed by atoms with E-state index in [-0.39, 0.29) is 17.9 Å². The van der Waals surface area contributed by atoms with Crippen molar-refractivity contribution in [2.24, 2.45) is 7.05 Å². The van der Waals surface area contributed by atoms with Crippen LogP contribution in [0.15, 0.2) is 36.7 Å². The molecule has 2 N–H and O–H groups in total. The number of carbonyl (C=O) groups is 1. The highest BCUT2D eigenvalue weighted by molar-refractivity contribution is 7.88. The van der Waals surface area contributed by atoms with Gasteiger partial charge in [-0.3, -0.25) is 4.68 Å². The second kappa shape index (κ2) is 6.06. The molecule has 0 aliphatic rings. The Balaban J connectivity index is 1.98. The number of nitrogens with one attached hydrogen (secondary N) is 1. The number of carboxylic acids is 1. The lowest BCUT2D eigenvalue weighted by molar-refractivity contribution is 0.0697. The molecule has 0 atom stereocenters. The third-order valence-corrected chi connectivity index (χ3v) is 4.11. The predicted molar refractivity (Wildman–Crippen MR) is 76.1 cm³/mol. The van der Waals surface area contributed by atoms with Gasteiger partial charge in [0.1, 0.15) is 0 Å². The molecule has 1 heterocycles. The number of aromatic carboxylic acids is 1. The van der Waals surface area contributed by atoms with Crippen molar-refractivity contribution in [2.75, 3.05) is 0 Å². The quantitative estimate of drug-likeness (QED) is 0.819. The molecule has 0 unspecified atom stereocenters. The average molecular weight is 309 g/mol. The lowest BCUT2D eigenvalue weighted by Gasteiger charge is -2.06. The molecule has 2 aromatic rings. The van der Waals surface area contributed by atoms with E-state index in [4.69, 9.17) is 5.11 Å². The smallest absolute Gasteiger partial charge is 0.335 e. The molecular formula is C13H15N3O4S. The summed E-state index contributed by atoms with van der Waals surface area (Å²) in [4.78, 5) is 10.7. The summed E-state index contributed by atoms with van der Waals surface area (Å²) in [6.07, 6.45) is 3.31. The van der Waals surface area contributed by atoms with E-state index in [0.29, 0.717) is 5.56 Å². The maximum absolute atomic E-state index is 11.9. The van der Waals surface area contributed by atoms with Gasteiger partial charge in [0.25, 0.3) is 0 Å². The summed E-state index contributed by atoms with van der Waals surface area (Å²) in [7, 11) is -1.74. The topological polar surface area (TPSA) is 101 Å². The average Bonchev–Trinajstić information content (AvgIpc) is 2.83. The fourth-order valence-electron chi connectivity index (χ4n) is 1.77. The maximum atomic E-state index is 11.9. The summed E-state index contributed by atoms with van der Waals surface area (Å²) in [6.45, 7) is 0.170. The molecule has 0 fully saturated rings. The van der Waals surface area contributed by atoms with Crippen molar-refractivity contribution in [3.05, 3.63) is 53.3 Å². The summed E-state index contributed by atoms with van der Waals surface area (Å²) < 4.78 is 28.0. The standard InChI is InChI=1S/C13H15N3O4S/c1-16-8-11(6-14-16)7-15-21(19,20)9-10-2-4-12(5-3-10)13(17)18/h2-6,8,15H,7,9H2,1H3,(H,17,18). The summed E-state index contributed by atoms with van der Waals surface area (Å²) in [5.41, 5.74) is 1.42. The first-order valence-electron chi connectivity index (χ1n) is 6.13. The van der Waals surface area contributed by atoms with Crippen molar-refractivity contribution in [2.45, 2.75) is 12.3 Å². The van der Waals surface area contributed by atoms with Crippen LogP contribution in [-0.4, -0.2) is 29.3 Å². The van der Waals surface area contributed by atoms with E-state index in [9.17, 15) is 13.2 Å². The molecule has 0 amide bonds. The van der Waals surface area contributed by atoms with Crippen LogP contribution in [0.3, 0.4) is 0 Å². The van der Waals surface area contributed by atoms with Gasteiger partial charge in [0.05, 0.1) is 17.5 Å². The summed E-state index contributed by atoms with van der Waals surface area (Å²) >= 11 is 0. The van der Waals surface area contributed by atoms with E-state index in [2.05, 4.69) is 9.82 Å². The third kappa shape index (κ3) is 4.40. The van der Waals surface area contributed by atoms with Gasteiger partial charge in [-0.15, -0.1) is 0 Å². The van der Waals surface area contributed by atoms with Crippen molar-refractivity contribution in [1.29, 1.82) is 0 Å². The fraction of sp³-hybridized carbons (Fsp3) is 0.231. The Morgan fingerprint density at radius 3 is 2.48 bits per heavy atom. The minimum Gasteiger partial charge on any atom is -0.478 e. The molecule has 2 rings (SSSR count). The molecule has 0 aliphatic carbocycles. The zero-order valence-corrected chi connectivity index (χ0v) is 12.2. The highest BCUT2D eigenvalue weighted by Crippen LogP contribution is 2.08. The summed E-state index contributed by atoms with van der Waals surface area (Å²) in [5.74, 6) is -1.24. The molecule has 1 aromatic carbocycles. The Kier molecular flexibility index (Phi) is 4.39. The zero-order valence-electron chi connectivity index (χ0n) is 11.4. The van der Waals surface area contributed by atoms with Crippen LogP contribution in [0.25, 0.3) is 0 Å². The Morgan fingerprint density at radius 2 is 1.95 bits per heavy atom. The number of benzene rings is 1. The zero-order chi connectivity index (χ0) is 15.5. The molecule has 0 saturated heterocycles. The van der Waals surface area contributed by atoms with Crippen LogP contribution in [0, 0.1) is 0 Å². The van der Waals surface area contributed by atoms with Gasteiger partial charge < -0.3 is 5.11 Å². The van der Waals surface area contributed by atoms with Crippen LogP contribution in [-0.2, 0) is 29.4 Å². The van der Waals surface area contributed by atoms with Gasteiger partial charge in [0.15, 0.2) is 0 Å². The molecule has 1 aromatic heterocycles. The van der Waals surface area contributed by atoms with Crippen molar-refractivity contribution in [3.8, 4) is 0 Å². The highest BCUT2D eigenvalue weighted by Gasteiger charge is 2.12. The summed E-state index contributed by atoms with van der Waals surface area (Å²) in [6, 6.07) is 5.75. The van der Waals surface area contributed by atoms with Crippen LogP contribution >= 0.6 is 0 Å². The number of rotatable bonds is 6. The first-order chi connectivity index (χ1) is 9.85. The summed E-state index contributed by atoms with van der Waals surface area (Å²) in [5, 5.41) is 12.7. The van der Waals surface area contributed by atoms with Crippen LogP contribution < -0.4 is 4.72 Å². The van der Waals surface area contributed by atoms with Crippen molar-refractivity contribution in [3.63, 3.8) is 0 Å². The number of nitrogens with zero attached hydrogens (tertiary/aromatic N) is 2. The minimum atomic E-state index is -3.49. The van der Waals surface area contributed by atoms with Crippen LogP contribution in [0.4, 0.5) is 0 Å². The second-order valence-corrected chi connectivity index (χ2v) is 6.41. The number of hydrogen-bond acceptors (Lipinski definition) is 4. The maximum Gasteiger partial charge on any atom is 0.335 e. The van der Waals surface area contributed by atoms with Gasteiger partial charge in [-0.05, 0) is 17.7 Å². The monoisotopic (exact) mass is 309 g/mol. The van der Waals surface area contributed by atoms with Crippen molar-refractivity contribution < 1.29 is 18.3 Å². The van der Waals surface area contributed by atoms with Crippen molar-refractivity contribution in [1.82, 2.24) is 14.5 Å². The normalized spacial score (nSPS) is 11.5. The molecular weight excluding hydrogens is 294 g/mol. The van der Waals surface area contributed by atoms with Crippen molar-refractivity contribution >= 4 is 16.0 Å². The van der Waals surface area contributed by atoms with Gasteiger partial charge in [-0.2, -0.15) is 5.10 Å².